The third kappa shape index (κ3) is 4.86. The second kappa shape index (κ2) is 9.07. The summed E-state index contributed by atoms with van der Waals surface area (Å²) in [6.45, 7) is 3.85. The minimum atomic E-state index is -0.418. The third-order valence-corrected chi connectivity index (χ3v) is 5.97. The predicted octanol–water partition coefficient (Wildman–Crippen LogP) is 5.05. The smallest absolute Gasteiger partial charge is 0.196 e. The van der Waals surface area contributed by atoms with Gasteiger partial charge in [-0.15, -0.1) is 10.2 Å². The van der Waals surface area contributed by atoms with Gasteiger partial charge >= 0.3 is 0 Å². The van der Waals surface area contributed by atoms with E-state index in [4.69, 9.17) is 11.6 Å². The van der Waals surface area contributed by atoms with Gasteiger partial charge in [-0.25, -0.2) is 4.39 Å². The van der Waals surface area contributed by atoms with Crippen LogP contribution in [0.25, 0.3) is 5.69 Å². The highest BCUT2D eigenvalue weighted by atomic mass is 35.5. The van der Waals surface area contributed by atoms with Gasteiger partial charge in [-0.1, -0.05) is 23.4 Å². The van der Waals surface area contributed by atoms with Crippen LogP contribution in [0.3, 0.4) is 0 Å². The van der Waals surface area contributed by atoms with Crippen molar-refractivity contribution in [3.8, 4) is 5.69 Å². The fourth-order valence-electron chi connectivity index (χ4n) is 2.75. The zero-order chi connectivity index (χ0) is 21.1. The fraction of sp³-hybridized carbons (Fsp3) is 0.286. The van der Waals surface area contributed by atoms with Crippen LogP contribution in [-0.4, -0.2) is 44.8 Å². The minimum Gasteiger partial charge on any atom is -0.300 e. The van der Waals surface area contributed by atoms with Gasteiger partial charge in [-0.05, 0) is 76.5 Å². The molecule has 5 nitrogen and oxygen atoms in total. The Morgan fingerprint density at radius 3 is 2.28 bits per heavy atom. The molecule has 8 heteroatoms. The van der Waals surface area contributed by atoms with Crippen molar-refractivity contribution in [2.45, 2.75) is 30.3 Å². The van der Waals surface area contributed by atoms with E-state index >= 15 is 0 Å². The van der Waals surface area contributed by atoms with Crippen LogP contribution >= 0.6 is 23.4 Å². The molecule has 0 aliphatic carbocycles. The Hall–Kier alpha value is -2.22. The molecule has 0 aliphatic heterocycles. The number of Topliss-reactive ketones (excluding diaryl/α,β-unsaturated/α-hetero) is 1. The number of aromatic nitrogens is 3. The summed E-state index contributed by atoms with van der Waals surface area (Å²) in [6, 6.07) is 13.0. The molecule has 0 saturated carbocycles. The van der Waals surface area contributed by atoms with Crippen molar-refractivity contribution in [2.24, 2.45) is 0 Å². The molecule has 0 N–H and O–H groups in total. The van der Waals surface area contributed by atoms with E-state index in [1.165, 1.54) is 36.0 Å². The number of hydrogen-bond donors (Lipinski definition) is 0. The first-order chi connectivity index (χ1) is 13.8. The molecule has 1 aromatic heterocycles. The first-order valence-corrected chi connectivity index (χ1v) is 10.4. The van der Waals surface area contributed by atoms with Crippen LogP contribution in [0.2, 0.25) is 5.02 Å². The minimum absolute atomic E-state index is 0.00985. The molecule has 0 fully saturated rings. The molecule has 3 rings (SSSR count). The summed E-state index contributed by atoms with van der Waals surface area (Å²) in [5.74, 6) is 0.302. The van der Waals surface area contributed by atoms with Gasteiger partial charge in [0.2, 0.25) is 0 Å². The van der Waals surface area contributed by atoms with Crippen molar-refractivity contribution in [3.63, 3.8) is 0 Å². The first-order valence-electron chi connectivity index (χ1n) is 9.12. The molecule has 2 aromatic carbocycles. The van der Waals surface area contributed by atoms with E-state index in [0.717, 1.165) is 11.5 Å². The molecule has 2 atom stereocenters. The van der Waals surface area contributed by atoms with Crippen molar-refractivity contribution in [1.29, 1.82) is 0 Å². The van der Waals surface area contributed by atoms with E-state index in [1.807, 2.05) is 61.7 Å². The van der Waals surface area contributed by atoms with Crippen LogP contribution in [0.1, 0.15) is 36.1 Å². The van der Waals surface area contributed by atoms with Gasteiger partial charge in [-0.2, -0.15) is 0 Å². The number of benzene rings is 2. The number of carbonyl (C=O) groups excluding carboxylic acids is 1. The molecule has 0 bridgehead atoms. The summed E-state index contributed by atoms with van der Waals surface area (Å²) in [5, 5.41) is 9.57. The number of halogens is 2. The lowest BCUT2D eigenvalue weighted by atomic mass is 10.1. The second-order valence-corrected chi connectivity index (χ2v) is 8.67. The summed E-state index contributed by atoms with van der Waals surface area (Å²) >= 11 is 7.37. The summed E-state index contributed by atoms with van der Waals surface area (Å²) in [7, 11) is 3.94. The molecule has 0 amide bonds. The number of hydrogen-bond acceptors (Lipinski definition) is 5. The Morgan fingerprint density at radius 2 is 1.69 bits per heavy atom. The third-order valence-electron chi connectivity index (χ3n) is 4.67. The Bertz CT molecular complexity index is 989. The fourth-order valence-corrected chi connectivity index (χ4v) is 3.83. The molecule has 0 spiro atoms. The van der Waals surface area contributed by atoms with E-state index in [2.05, 4.69) is 10.2 Å². The molecular weight excluding hydrogens is 411 g/mol. The Labute approximate surface area is 178 Å². The molecule has 3 aromatic rings. The van der Waals surface area contributed by atoms with Gasteiger partial charge in [0.1, 0.15) is 5.82 Å². The van der Waals surface area contributed by atoms with E-state index in [-0.39, 0.29) is 17.6 Å². The van der Waals surface area contributed by atoms with E-state index in [1.54, 1.807) is 0 Å². The summed E-state index contributed by atoms with van der Waals surface area (Å²) in [6.07, 6.45) is 0. The topological polar surface area (TPSA) is 51.0 Å². The highest BCUT2D eigenvalue weighted by Gasteiger charge is 2.25. The van der Waals surface area contributed by atoms with Gasteiger partial charge < -0.3 is 0 Å². The largest absolute Gasteiger partial charge is 0.300 e. The van der Waals surface area contributed by atoms with Crippen molar-refractivity contribution in [2.75, 3.05) is 14.1 Å². The lowest BCUT2D eigenvalue weighted by Gasteiger charge is -2.21. The molecule has 152 valence electrons. The first kappa shape index (κ1) is 21.5. The van der Waals surface area contributed by atoms with E-state index in [9.17, 15) is 9.18 Å². The van der Waals surface area contributed by atoms with Crippen molar-refractivity contribution < 1.29 is 9.18 Å². The Balaban J connectivity index is 1.95. The van der Waals surface area contributed by atoms with Crippen LogP contribution in [0.15, 0.2) is 53.7 Å². The van der Waals surface area contributed by atoms with Gasteiger partial charge in [0.05, 0.1) is 11.3 Å². The van der Waals surface area contributed by atoms with Crippen LogP contribution in [0.4, 0.5) is 4.39 Å². The Kier molecular flexibility index (Phi) is 6.72. The number of carbonyl (C=O) groups is 1. The standard InChI is InChI=1S/C21H22ClFN4OS/c1-13(26(3)4)20-24-25-21(27(20)18-11-7-16(22)8-12-18)29-14(2)19(28)15-5-9-17(23)10-6-15/h5-14H,1-4H3. The zero-order valence-corrected chi connectivity index (χ0v) is 18.2. The SMILES string of the molecule is CC(Sc1nnc(C(C)N(C)C)n1-c1ccc(Cl)cc1)C(=O)c1ccc(F)cc1. The van der Waals surface area contributed by atoms with E-state index < -0.39 is 5.25 Å². The lowest BCUT2D eigenvalue weighted by molar-refractivity contribution is 0.0994. The molecule has 0 saturated heterocycles. The molecular formula is C21H22ClFN4OS. The lowest BCUT2D eigenvalue weighted by Crippen LogP contribution is -2.21. The molecule has 1 heterocycles. The Morgan fingerprint density at radius 1 is 1.07 bits per heavy atom. The predicted molar refractivity (Wildman–Crippen MR) is 115 cm³/mol. The van der Waals surface area contributed by atoms with Crippen molar-refractivity contribution >= 4 is 29.1 Å². The molecule has 29 heavy (non-hydrogen) atoms. The number of nitrogens with zero attached hydrogens (tertiary/aromatic N) is 4. The monoisotopic (exact) mass is 432 g/mol. The highest BCUT2D eigenvalue weighted by molar-refractivity contribution is 8.00. The molecule has 2 unspecified atom stereocenters. The molecule has 0 aliphatic rings. The van der Waals surface area contributed by atoms with Crippen molar-refractivity contribution in [1.82, 2.24) is 19.7 Å². The number of rotatable bonds is 7. The van der Waals surface area contributed by atoms with Crippen molar-refractivity contribution in [3.05, 3.63) is 70.8 Å². The average Bonchev–Trinajstić information content (AvgIpc) is 3.11. The zero-order valence-electron chi connectivity index (χ0n) is 16.6. The maximum Gasteiger partial charge on any atom is 0.196 e. The summed E-state index contributed by atoms with van der Waals surface area (Å²) in [5.41, 5.74) is 1.33. The van der Waals surface area contributed by atoms with Crippen LogP contribution in [0, 0.1) is 5.82 Å². The summed E-state index contributed by atoms with van der Waals surface area (Å²) in [4.78, 5) is 14.8. The van der Waals surface area contributed by atoms with Gasteiger partial charge in [0.25, 0.3) is 0 Å². The van der Waals surface area contributed by atoms with Crippen LogP contribution < -0.4 is 0 Å². The van der Waals surface area contributed by atoms with Crippen LogP contribution in [0.5, 0.6) is 0 Å². The molecule has 0 radical (unpaired) electrons. The average molecular weight is 433 g/mol. The van der Waals surface area contributed by atoms with Gasteiger partial charge in [0, 0.05) is 16.3 Å². The second-order valence-electron chi connectivity index (χ2n) is 6.92. The summed E-state index contributed by atoms with van der Waals surface area (Å²) < 4.78 is 15.1. The highest BCUT2D eigenvalue weighted by Crippen LogP contribution is 2.30. The number of thioether (sulfide) groups is 1. The maximum absolute atomic E-state index is 13.2. The van der Waals surface area contributed by atoms with Gasteiger partial charge in [0.15, 0.2) is 16.8 Å². The number of ketones is 1. The quantitative estimate of drug-likeness (QED) is 0.386. The van der Waals surface area contributed by atoms with Gasteiger partial charge in [-0.3, -0.25) is 14.3 Å². The van der Waals surface area contributed by atoms with E-state index in [0.29, 0.717) is 15.7 Å². The normalized spacial score (nSPS) is 13.5. The van der Waals surface area contributed by atoms with Crippen LogP contribution in [-0.2, 0) is 0 Å². The maximum atomic E-state index is 13.2.